The fourth-order valence-electron chi connectivity index (χ4n) is 3.17. The number of aliphatic hydroxyl groups excluding tert-OH is 1. The molecule has 3 rings (SSSR count). The van der Waals surface area contributed by atoms with Gasteiger partial charge >= 0.3 is 0 Å². The molecular formula is C17H25ClN2O. The second-order valence-corrected chi connectivity index (χ2v) is 6.93. The van der Waals surface area contributed by atoms with Gasteiger partial charge in [-0.2, -0.15) is 0 Å². The van der Waals surface area contributed by atoms with Crippen molar-refractivity contribution >= 4 is 17.3 Å². The molecule has 1 aromatic carbocycles. The van der Waals surface area contributed by atoms with E-state index in [0.717, 1.165) is 37.5 Å². The summed E-state index contributed by atoms with van der Waals surface area (Å²) in [6, 6.07) is 6.93. The monoisotopic (exact) mass is 308 g/mol. The summed E-state index contributed by atoms with van der Waals surface area (Å²) < 4.78 is 0. The molecule has 4 heteroatoms. The average molecular weight is 309 g/mol. The van der Waals surface area contributed by atoms with Crippen LogP contribution in [0.5, 0.6) is 0 Å². The second-order valence-electron chi connectivity index (χ2n) is 6.49. The quantitative estimate of drug-likeness (QED) is 0.877. The number of benzene rings is 1. The molecule has 2 N–H and O–H groups in total. The molecule has 0 radical (unpaired) electrons. The van der Waals surface area contributed by atoms with Crippen LogP contribution in [0.15, 0.2) is 18.2 Å². The predicted molar refractivity (Wildman–Crippen MR) is 87.9 cm³/mol. The van der Waals surface area contributed by atoms with Crippen LogP contribution in [-0.2, 0) is 6.54 Å². The third-order valence-corrected chi connectivity index (χ3v) is 5.00. The van der Waals surface area contributed by atoms with Crippen molar-refractivity contribution in [3.8, 4) is 0 Å². The van der Waals surface area contributed by atoms with Crippen LogP contribution in [0.25, 0.3) is 0 Å². The highest BCUT2D eigenvalue weighted by atomic mass is 35.5. The van der Waals surface area contributed by atoms with E-state index in [1.807, 2.05) is 13.0 Å². The van der Waals surface area contributed by atoms with E-state index in [9.17, 15) is 5.11 Å². The Labute approximate surface area is 132 Å². The highest BCUT2D eigenvalue weighted by molar-refractivity contribution is 6.30. The molecule has 1 saturated heterocycles. The molecule has 21 heavy (non-hydrogen) atoms. The zero-order chi connectivity index (χ0) is 14.8. The molecule has 1 aliphatic carbocycles. The zero-order valence-electron chi connectivity index (χ0n) is 12.7. The number of halogens is 1. The van der Waals surface area contributed by atoms with E-state index in [-0.39, 0.29) is 6.10 Å². The highest BCUT2D eigenvalue weighted by Gasteiger charge is 2.25. The second kappa shape index (κ2) is 6.55. The van der Waals surface area contributed by atoms with Gasteiger partial charge in [-0.3, -0.25) is 0 Å². The van der Waals surface area contributed by atoms with Crippen molar-refractivity contribution in [3.05, 3.63) is 28.8 Å². The molecule has 0 bridgehead atoms. The number of hydrogen-bond donors (Lipinski definition) is 2. The van der Waals surface area contributed by atoms with Crippen LogP contribution >= 0.6 is 11.6 Å². The maximum Gasteiger partial charge on any atom is 0.0541 e. The molecule has 1 aromatic rings. The minimum Gasteiger partial charge on any atom is -0.393 e. The lowest BCUT2D eigenvalue weighted by molar-refractivity contribution is 0.110. The van der Waals surface area contributed by atoms with Crippen LogP contribution in [0.2, 0.25) is 5.02 Å². The van der Waals surface area contributed by atoms with Crippen LogP contribution in [0.4, 0.5) is 5.69 Å². The molecule has 1 heterocycles. The first-order valence-corrected chi connectivity index (χ1v) is 8.46. The van der Waals surface area contributed by atoms with E-state index in [1.165, 1.54) is 24.1 Å². The smallest absolute Gasteiger partial charge is 0.0541 e. The van der Waals surface area contributed by atoms with Gasteiger partial charge in [0.05, 0.1) is 6.10 Å². The number of nitrogens with one attached hydrogen (secondary N) is 1. The number of piperidine rings is 1. The lowest BCUT2D eigenvalue weighted by Crippen LogP contribution is -2.37. The van der Waals surface area contributed by atoms with Crippen molar-refractivity contribution in [1.82, 2.24) is 5.32 Å². The Morgan fingerprint density at radius 1 is 1.29 bits per heavy atom. The molecular weight excluding hydrogens is 284 g/mol. The van der Waals surface area contributed by atoms with Gasteiger partial charge in [-0.05, 0) is 62.3 Å². The first-order valence-electron chi connectivity index (χ1n) is 8.08. The van der Waals surface area contributed by atoms with Crippen molar-refractivity contribution in [2.75, 3.05) is 18.0 Å². The first kappa shape index (κ1) is 15.1. The van der Waals surface area contributed by atoms with Gasteiger partial charge in [-0.25, -0.2) is 0 Å². The van der Waals surface area contributed by atoms with Gasteiger partial charge in [-0.1, -0.05) is 11.6 Å². The maximum atomic E-state index is 9.73. The molecule has 1 saturated carbocycles. The Kier molecular flexibility index (Phi) is 4.72. The minimum absolute atomic E-state index is 0.187. The molecule has 1 atom stereocenters. The Morgan fingerprint density at radius 2 is 2.00 bits per heavy atom. The molecule has 0 amide bonds. The van der Waals surface area contributed by atoms with Crippen molar-refractivity contribution in [3.63, 3.8) is 0 Å². The topological polar surface area (TPSA) is 35.5 Å². The largest absolute Gasteiger partial charge is 0.393 e. The van der Waals surface area contributed by atoms with Crippen LogP contribution in [0, 0.1) is 5.92 Å². The lowest BCUT2D eigenvalue weighted by Gasteiger charge is -2.36. The van der Waals surface area contributed by atoms with Gasteiger partial charge in [0.2, 0.25) is 0 Å². The van der Waals surface area contributed by atoms with Crippen molar-refractivity contribution in [2.45, 2.75) is 51.3 Å². The number of hydrogen-bond acceptors (Lipinski definition) is 3. The van der Waals surface area contributed by atoms with E-state index < -0.39 is 0 Å². The van der Waals surface area contributed by atoms with E-state index in [2.05, 4.69) is 22.3 Å². The lowest BCUT2D eigenvalue weighted by atomic mass is 9.91. The summed E-state index contributed by atoms with van der Waals surface area (Å²) in [6.07, 6.45) is 4.55. The first-order chi connectivity index (χ1) is 10.1. The average Bonchev–Trinajstić information content (AvgIpc) is 3.29. The Hall–Kier alpha value is -0.770. The molecule has 0 spiro atoms. The van der Waals surface area contributed by atoms with Crippen molar-refractivity contribution in [2.24, 2.45) is 5.92 Å². The SMILES string of the molecule is CC(O)C1CCN(c2ccc(Cl)cc2CNC2CC2)CC1. The van der Waals surface area contributed by atoms with Crippen molar-refractivity contribution in [1.29, 1.82) is 0 Å². The summed E-state index contributed by atoms with van der Waals surface area (Å²) in [6.45, 7) is 4.85. The molecule has 3 nitrogen and oxygen atoms in total. The Morgan fingerprint density at radius 3 is 2.62 bits per heavy atom. The summed E-state index contributed by atoms with van der Waals surface area (Å²) >= 11 is 6.17. The third-order valence-electron chi connectivity index (χ3n) is 4.76. The Balaban J connectivity index is 1.68. The van der Waals surface area contributed by atoms with Gasteiger partial charge in [-0.15, -0.1) is 0 Å². The van der Waals surface area contributed by atoms with Gasteiger partial charge in [0, 0.05) is 36.4 Å². The zero-order valence-corrected chi connectivity index (χ0v) is 13.4. The fourth-order valence-corrected chi connectivity index (χ4v) is 3.36. The summed E-state index contributed by atoms with van der Waals surface area (Å²) in [5.41, 5.74) is 2.60. The normalized spacial score (nSPS) is 21.6. The molecule has 1 unspecified atom stereocenters. The van der Waals surface area contributed by atoms with Crippen LogP contribution in [0.3, 0.4) is 0 Å². The van der Waals surface area contributed by atoms with Crippen molar-refractivity contribution < 1.29 is 5.11 Å². The molecule has 0 aromatic heterocycles. The van der Waals surface area contributed by atoms with E-state index in [4.69, 9.17) is 11.6 Å². The number of aliphatic hydroxyl groups is 1. The highest BCUT2D eigenvalue weighted by Crippen LogP contribution is 2.30. The number of anilines is 1. The third kappa shape index (κ3) is 3.91. The number of rotatable bonds is 5. The molecule has 116 valence electrons. The minimum atomic E-state index is -0.187. The Bertz CT molecular complexity index is 480. The van der Waals surface area contributed by atoms with Gasteiger partial charge in [0.25, 0.3) is 0 Å². The summed E-state index contributed by atoms with van der Waals surface area (Å²) in [5, 5.41) is 14.1. The number of nitrogens with zero attached hydrogens (tertiary/aromatic N) is 1. The summed E-state index contributed by atoms with van der Waals surface area (Å²) in [7, 11) is 0. The maximum absolute atomic E-state index is 9.73. The summed E-state index contributed by atoms with van der Waals surface area (Å²) in [5.74, 6) is 0.446. The van der Waals surface area contributed by atoms with Crippen LogP contribution in [0.1, 0.15) is 38.2 Å². The van der Waals surface area contributed by atoms with E-state index in [0.29, 0.717) is 12.0 Å². The summed E-state index contributed by atoms with van der Waals surface area (Å²) in [4.78, 5) is 2.44. The molecule has 2 fully saturated rings. The van der Waals surface area contributed by atoms with Crippen LogP contribution in [-0.4, -0.2) is 30.3 Å². The molecule has 1 aliphatic heterocycles. The standard InChI is InChI=1S/C17H25ClN2O/c1-12(21)13-6-8-20(9-7-13)17-5-2-15(18)10-14(17)11-19-16-3-4-16/h2,5,10,12-13,16,19,21H,3-4,6-9,11H2,1H3. The van der Waals surface area contributed by atoms with E-state index in [1.54, 1.807) is 0 Å². The van der Waals surface area contributed by atoms with Gasteiger partial charge < -0.3 is 15.3 Å². The molecule has 2 aliphatic rings. The van der Waals surface area contributed by atoms with Gasteiger partial charge in [0.1, 0.15) is 0 Å². The van der Waals surface area contributed by atoms with Gasteiger partial charge in [0.15, 0.2) is 0 Å². The fraction of sp³-hybridized carbons (Fsp3) is 0.647. The van der Waals surface area contributed by atoms with Crippen LogP contribution < -0.4 is 10.2 Å². The predicted octanol–water partition coefficient (Wildman–Crippen LogP) is 3.19. The van der Waals surface area contributed by atoms with E-state index >= 15 is 0 Å².